The Labute approximate surface area is 153 Å². The van der Waals surface area contributed by atoms with Gasteiger partial charge in [0.2, 0.25) is 0 Å². The van der Waals surface area contributed by atoms with E-state index in [9.17, 15) is 4.79 Å². The highest BCUT2D eigenvalue weighted by Gasteiger charge is 2.31. The van der Waals surface area contributed by atoms with Gasteiger partial charge >= 0.3 is 6.03 Å². The smallest absolute Gasteiger partial charge is 0.318 e. The number of nitrogens with zero attached hydrogens (tertiary/aromatic N) is 4. The highest BCUT2D eigenvalue weighted by atomic mass is 16.2. The normalized spacial score (nSPS) is 16.4. The van der Waals surface area contributed by atoms with Gasteiger partial charge < -0.3 is 14.8 Å². The second-order valence-electron chi connectivity index (χ2n) is 6.67. The van der Waals surface area contributed by atoms with Crippen molar-refractivity contribution in [1.82, 2.24) is 24.6 Å². The molecular weight excluding hydrogens is 326 g/mol. The van der Waals surface area contributed by atoms with Crippen molar-refractivity contribution < 1.29 is 4.79 Å². The number of carbonyl (C=O) groups is 1. The minimum atomic E-state index is -0.0741. The third-order valence-corrected chi connectivity index (χ3v) is 5.18. The van der Waals surface area contributed by atoms with E-state index in [1.807, 2.05) is 54.0 Å². The second kappa shape index (κ2) is 6.71. The van der Waals surface area contributed by atoms with Crippen LogP contribution in [0, 0.1) is 6.92 Å². The molecule has 0 spiro atoms. The Morgan fingerprint density at radius 3 is 2.73 bits per heavy atom. The Bertz CT molecular complexity index is 911. The van der Waals surface area contributed by atoms with Crippen molar-refractivity contribution in [3.63, 3.8) is 0 Å². The lowest BCUT2D eigenvalue weighted by atomic mass is 10.0. The molecule has 1 aromatic carbocycles. The van der Waals surface area contributed by atoms with E-state index in [0.717, 1.165) is 29.1 Å². The van der Waals surface area contributed by atoms with Gasteiger partial charge in [0.05, 0.1) is 12.2 Å². The molecule has 1 aliphatic rings. The quantitative estimate of drug-likeness (QED) is 0.790. The number of hydrogen-bond acceptors (Lipinski definition) is 2. The van der Waals surface area contributed by atoms with Crippen molar-refractivity contribution in [3.05, 3.63) is 77.4 Å². The molecule has 26 heavy (non-hydrogen) atoms. The summed E-state index contributed by atoms with van der Waals surface area (Å²) < 4.78 is 4.05. The first kappa shape index (κ1) is 16.4. The lowest BCUT2D eigenvalue weighted by Gasteiger charge is -2.37. The molecule has 0 radical (unpaired) electrons. The van der Waals surface area contributed by atoms with E-state index < -0.39 is 0 Å². The third kappa shape index (κ3) is 2.87. The van der Waals surface area contributed by atoms with Gasteiger partial charge in [-0.25, -0.2) is 4.79 Å². The van der Waals surface area contributed by atoms with Crippen LogP contribution in [0.25, 0.3) is 0 Å². The molecule has 0 bridgehead atoms. The number of fused-ring (bicyclic) bond motifs is 1. The van der Waals surface area contributed by atoms with Gasteiger partial charge in [-0.15, -0.1) is 0 Å². The molecule has 1 atom stereocenters. The minimum absolute atomic E-state index is 0.0467. The number of hydrogen-bond donors (Lipinski definition) is 1. The highest BCUT2D eigenvalue weighted by molar-refractivity contribution is 5.75. The van der Waals surface area contributed by atoms with Crippen LogP contribution in [0.5, 0.6) is 0 Å². The van der Waals surface area contributed by atoms with Crippen LogP contribution in [0.1, 0.15) is 28.6 Å². The number of benzene rings is 1. The van der Waals surface area contributed by atoms with E-state index in [2.05, 4.69) is 39.4 Å². The Morgan fingerprint density at radius 1 is 1.19 bits per heavy atom. The Balaban J connectivity index is 1.58. The molecule has 3 aromatic rings. The lowest BCUT2D eigenvalue weighted by Crippen LogP contribution is -2.47. The number of urea groups is 1. The van der Waals surface area contributed by atoms with Crippen LogP contribution in [-0.4, -0.2) is 31.8 Å². The van der Waals surface area contributed by atoms with Crippen LogP contribution in [0.3, 0.4) is 0 Å². The molecule has 0 saturated heterocycles. The molecule has 3 heterocycles. The van der Waals surface area contributed by atoms with Crippen molar-refractivity contribution in [2.24, 2.45) is 7.05 Å². The van der Waals surface area contributed by atoms with Gasteiger partial charge in [0.25, 0.3) is 0 Å². The van der Waals surface area contributed by atoms with Crippen LogP contribution in [-0.2, 0) is 20.1 Å². The molecule has 0 unspecified atom stereocenters. The molecule has 134 valence electrons. The summed E-state index contributed by atoms with van der Waals surface area (Å²) in [5.74, 6) is 0. The summed E-state index contributed by atoms with van der Waals surface area (Å²) >= 11 is 0. The maximum absolute atomic E-state index is 13.0. The number of carbonyl (C=O) groups excluding carboxylic acids is 1. The fourth-order valence-electron chi connectivity index (χ4n) is 3.58. The highest BCUT2D eigenvalue weighted by Crippen LogP contribution is 2.32. The van der Waals surface area contributed by atoms with Gasteiger partial charge in [-0.2, -0.15) is 5.10 Å². The number of nitrogens with one attached hydrogen (secondary N) is 1. The molecule has 0 aliphatic carbocycles. The van der Waals surface area contributed by atoms with Crippen molar-refractivity contribution >= 4 is 6.03 Å². The molecule has 2 aromatic heterocycles. The summed E-state index contributed by atoms with van der Waals surface area (Å²) in [6.45, 7) is 3.98. The van der Waals surface area contributed by atoms with Crippen LogP contribution in [0.2, 0.25) is 0 Å². The van der Waals surface area contributed by atoms with Gasteiger partial charge in [-0.05, 0) is 24.6 Å². The van der Waals surface area contributed by atoms with Crippen molar-refractivity contribution in [2.45, 2.75) is 26.1 Å². The maximum atomic E-state index is 13.0. The fraction of sp³-hybridized carbons (Fsp3) is 0.300. The molecular formula is C20H23N5O. The van der Waals surface area contributed by atoms with E-state index in [1.54, 1.807) is 0 Å². The molecule has 4 rings (SSSR count). The van der Waals surface area contributed by atoms with Crippen molar-refractivity contribution in [1.29, 1.82) is 0 Å². The van der Waals surface area contributed by atoms with E-state index in [4.69, 9.17) is 0 Å². The summed E-state index contributed by atoms with van der Waals surface area (Å²) in [5, 5.41) is 7.31. The van der Waals surface area contributed by atoms with Gasteiger partial charge in [0.1, 0.15) is 0 Å². The zero-order valence-electron chi connectivity index (χ0n) is 15.1. The summed E-state index contributed by atoms with van der Waals surface area (Å²) in [6, 6.07) is 14.2. The summed E-state index contributed by atoms with van der Waals surface area (Å²) in [6.07, 6.45) is 3.89. The average molecular weight is 349 g/mol. The first-order valence-electron chi connectivity index (χ1n) is 8.87. The molecule has 1 N–H and O–H groups in total. The molecule has 0 saturated carbocycles. The van der Waals surface area contributed by atoms with E-state index in [-0.39, 0.29) is 12.1 Å². The third-order valence-electron chi connectivity index (χ3n) is 5.18. The topological polar surface area (TPSA) is 55.1 Å². The Morgan fingerprint density at radius 2 is 2.00 bits per heavy atom. The summed E-state index contributed by atoms with van der Waals surface area (Å²) in [4.78, 5) is 14.9. The number of amides is 2. The standard InChI is InChI=1S/C20H23N5O/c1-15-17(14-22-23(15)2)13-21-20(26)25-12-11-24-10-6-9-18(24)19(25)16-7-4-3-5-8-16/h3-10,14,19H,11-13H2,1-2H3,(H,21,26)/t19-/m0/s1. The number of rotatable bonds is 3. The van der Waals surface area contributed by atoms with Gasteiger partial charge in [-0.1, -0.05) is 30.3 Å². The zero-order chi connectivity index (χ0) is 18.1. The first-order valence-corrected chi connectivity index (χ1v) is 8.87. The maximum Gasteiger partial charge on any atom is 0.318 e. The second-order valence-corrected chi connectivity index (χ2v) is 6.67. The SMILES string of the molecule is Cc1c(CNC(=O)N2CCn3cccc3[C@@H]2c2ccccc2)cnn1C. The van der Waals surface area contributed by atoms with Gasteiger partial charge in [0.15, 0.2) is 0 Å². The summed E-state index contributed by atoms with van der Waals surface area (Å²) in [7, 11) is 1.91. The fourth-order valence-corrected chi connectivity index (χ4v) is 3.58. The van der Waals surface area contributed by atoms with Crippen LogP contribution in [0.15, 0.2) is 54.9 Å². The lowest BCUT2D eigenvalue weighted by molar-refractivity contribution is 0.168. The van der Waals surface area contributed by atoms with E-state index >= 15 is 0 Å². The van der Waals surface area contributed by atoms with Crippen LogP contribution in [0.4, 0.5) is 4.79 Å². The van der Waals surface area contributed by atoms with Crippen molar-refractivity contribution in [2.75, 3.05) is 6.54 Å². The largest absolute Gasteiger partial charge is 0.348 e. The Kier molecular flexibility index (Phi) is 4.24. The van der Waals surface area contributed by atoms with E-state index in [0.29, 0.717) is 13.1 Å². The molecule has 1 aliphatic heterocycles. The first-order chi connectivity index (χ1) is 12.6. The van der Waals surface area contributed by atoms with Crippen molar-refractivity contribution in [3.8, 4) is 0 Å². The van der Waals surface area contributed by atoms with Gasteiger partial charge in [0, 0.05) is 49.8 Å². The monoisotopic (exact) mass is 349 g/mol. The van der Waals surface area contributed by atoms with Gasteiger partial charge in [-0.3, -0.25) is 4.68 Å². The molecule has 0 fully saturated rings. The molecule has 2 amide bonds. The van der Waals surface area contributed by atoms with Crippen LogP contribution >= 0.6 is 0 Å². The molecule has 6 nitrogen and oxygen atoms in total. The average Bonchev–Trinajstić information content (AvgIpc) is 3.27. The Hall–Kier alpha value is -3.02. The number of aryl methyl sites for hydroxylation is 1. The minimum Gasteiger partial charge on any atom is -0.348 e. The number of aromatic nitrogens is 3. The zero-order valence-corrected chi connectivity index (χ0v) is 15.1. The van der Waals surface area contributed by atoms with E-state index in [1.165, 1.54) is 0 Å². The van der Waals surface area contributed by atoms with Crippen LogP contribution < -0.4 is 5.32 Å². The predicted molar refractivity (Wildman–Crippen MR) is 99.6 cm³/mol. The predicted octanol–water partition coefficient (Wildman–Crippen LogP) is 2.84. The molecule has 6 heteroatoms. The summed E-state index contributed by atoms with van der Waals surface area (Å²) in [5.41, 5.74) is 4.38.